The highest BCUT2D eigenvalue weighted by atomic mass is 16.4. The Bertz CT molecular complexity index is 990. The molecule has 2 heterocycles. The number of nitrogens with one attached hydrogen (secondary N) is 2. The first-order chi connectivity index (χ1) is 13.7. The number of carboxylic acids is 1. The Kier molecular flexibility index (Phi) is 5.39. The molecule has 1 saturated heterocycles. The van der Waals surface area contributed by atoms with Gasteiger partial charge in [0.15, 0.2) is 0 Å². The zero-order valence-corrected chi connectivity index (χ0v) is 15.5. The SMILES string of the molecule is O=C(O)[C@H]1CNC[C@@H](CN/N=C/c2ccc(-c3cccc4ccccc34)o2)C1. The van der Waals surface area contributed by atoms with E-state index < -0.39 is 5.97 Å². The molecule has 1 fully saturated rings. The van der Waals surface area contributed by atoms with Gasteiger partial charge in [-0.3, -0.25) is 4.79 Å². The lowest BCUT2D eigenvalue weighted by molar-refractivity contribution is -0.142. The minimum atomic E-state index is -0.739. The number of hydrazone groups is 1. The van der Waals surface area contributed by atoms with Crippen LogP contribution in [0.25, 0.3) is 22.1 Å². The molecular weight excluding hydrogens is 354 g/mol. The highest BCUT2D eigenvalue weighted by Gasteiger charge is 2.26. The lowest BCUT2D eigenvalue weighted by Gasteiger charge is -2.27. The predicted molar refractivity (Wildman–Crippen MR) is 109 cm³/mol. The van der Waals surface area contributed by atoms with E-state index in [1.165, 1.54) is 5.39 Å². The summed E-state index contributed by atoms with van der Waals surface area (Å²) in [6, 6.07) is 18.2. The zero-order chi connectivity index (χ0) is 19.3. The van der Waals surface area contributed by atoms with Gasteiger partial charge in [0, 0.05) is 18.7 Å². The standard InChI is InChI=1S/C22H23N3O3/c26-22(27)17-10-15(11-23-13-17)12-24-25-14-18-8-9-21(28-18)20-7-3-5-16-4-1-2-6-19(16)20/h1-9,14-15,17,23-24H,10-13H2,(H,26,27)/b25-14+/t15-,17+/m0/s1. The van der Waals surface area contributed by atoms with Crippen molar-refractivity contribution >= 4 is 23.0 Å². The van der Waals surface area contributed by atoms with E-state index in [2.05, 4.69) is 40.1 Å². The largest absolute Gasteiger partial charge is 0.481 e. The Balaban J connectivity index is 1.38. The van der Waals surface area contributed by atoms with Crippen LogP contribution in [-0.2, 0) is 4.79 Å². The molecule has 0 amide bonds. The number of nitrogens with zero attached hydrogens (tertiary/aromatic N) is 1. The van der Waals surface area contributed by atoms with Gasteiger partial charge in [0.1, 0.15) is 11.5 Å². The summed E-state index contributed by atoms with van der Waals surface area (Å²) in [6.07, 6.45) is 2.32. The van der Waals surface area contributed by atoms with Crippen molar-refractivity contribution in [2.75, 3.05) is 19.6 Å². The Hall–Kier alpha value is -3.12. The van der Waals surface area contributed by atoms with Gasteiger partial charge in [-0.2, -0.15) is 5.10 Å². The van der Waals surface area contributed by atoms with Crippen LogP contribution in [0.1, 0.15) is 12.2 Å². The fourth-order valence-corrected chi connectivity index (χ4v) is 3.67. The van der Waals surface area contributed by atoms with Crippen molar-refractivity contribution in [3.8, 4) is 11.3 Å². The van der Waals surface area contributed by atoms with E-state index >= 15 is 0 Å². The van der Waals surface area contributed by atoms with Crippen LogP contribution in [0.4, 0.5) is 0 Å². The zero-order valence-electron chi connectivity index (χ0n) is 15.5. The van der Waals surface area contributed by atoms with E-state index in [4.69, 9.17) is 9.52 Å². The molecule has 0 radical (unpaired) electrons. The van der Waals surface area contributed by atoms with Crippen LogP contribution in [0.3, 0.4) is 0 Å². The van der Waals surface area contributed by atoms with Crippen molar-refractivity contribution in [2.24, 2.45) is 16.9 Å². The van der Waals surface area contributed by atoms with Gasteiger partial charge in [-0.25, -0.2) is 0 Å². The number of aliphatic carboxylic acids is 1. The van der Waals surface area contributed by atoms with Crippen molar-refractivity contribution in [3.63, 3.8) is 0 Å². The summed E-state index contributed by atoms with van der Waals surface area (Å²) in [5.41, 5.74) is 4.07. The van der Waals surface area contributed by atoms with Gasteiger partial charge < -0.3 is 20.3 Å². The van der Waals surface area contributed by atoms with Crippen LogP contribution < -0.4 is 10.7 Å². The number of carboxylic acid groups (broad SMARTS) is 1. The van der Waals surface area contributed by atoms with Gasteiger partial charge in [0.25, 0.3) is 0 Å². The maximum absolute atomic E-state index is 11.1. The maximum Gasteiger partial charge on any atom is 0.307 e. The topological polar surface area (TPSA) is 86.9 Å². The summed E-state index contributed by atoms with van der Waals surface area (Å²) < 4.78 is 5.94. The monoisotopic (exact) mass is 377 g/mol. The summed E-state index contributed by atoms with van der Waals surface area (Å²) in [7, 11) is 0. The van der Waals surface area contributed by atoms with Gasteiger partial charge >= 0.3 is 5.97 Å². The molecule has 0 unspecified atom stereocenters. The number of benzene rings is 2. The van der Waals surface area contributed by atoms with Gasteiger partial charge in [0.05, 0.1) is 12.1 Å². The smallest absolute Gasteiger partial charge is 0.307 e. The minimum absolute atomic E-state index is 0.245. The van der Waals surface area contributed by atoms with Gasteiger partial charge in [-0.05, 0) is 41.8 Å². The quantitative estimate of drug-likeness (QED) is 0.453. The summed E-state index contributed by atoms with van der Waals surface area (Å²) in [4.78, 5) is 11.1. The number of hydrogen-bond acceptors (Lipinski definition) is 5. The second kappa shape index (κ2) is 8.27. The van der Waals surface area contributed by atoms with Crippen LogP contribution in [-0.4, -0.2) is 36.9 Å². The third-order valence-electron chi connectivity index (χ3n) is 5.14. The van der Waals surface area contributed by atoms with Gasteiger partial charge in [-0.15, -0.1) is 0 Å². The number of carbonyl (C=O) groups is 1. The lowest BCUT2D eigenvalue weighted by atomic mass is 9.91. The van der Waals surface area contributed by atoms with E-state index in [9.17, 15) is 4.79 Å². The molecule has 2 aromatic carbocycles. The fraction of sp³-hybridized carbons (Fsp3) is 0.273. The van der Waals surface area contributed by atoms with Crippen molar-refractivity contribution in [3.05, 3.63) is 60.4 Å². The first-order valence-corrected chi connectivity index (χ1v) is 9.48. The average Bonchev–Trinajstić information content (AvgIpc) is 3.20. The van der Waals surface area contributed by atoms with Crippen LogP contribution in [0.5, 0.6) is 0 Å². The summed E-state index contributed by atoms with van der Waals surface area (Å²) >= 11 is 0. The predicted octanol–water partition coefficient (Wildman–Crippen LogP) is 3.33. The molecule has 6 nitrogen and oxygen atoms in total. The second-order valence-corrected chi connectivity index (χ2v) is 7.14. The molecule has 1 aliphatic rings. The highest BCUT2D eigenvalue weighted by Crippen LogP contribution is 2.29. The van der Waals surface area contributed by atoms with Crippen LogP contribution in [0, 0.1) is 11.8 Å². The average molecular weight is 377 g/mol. The Morgan fingerprint density at radius 1 is 1.18 bits per heavy atom. The summed E-state index contributed by atoms with van der Waals surface area (Å²) in [6.45, 7) is 1.97. The Labute approximate surface area is 163 Å². The van der Waals surface area contributed by atoms with Crippen molar-refractivity contribution < 1.29 is 14.3 Å². The van der Waals surface area contributed by atoms with Gasteiger partial charge in [-0.1, -0.05) is 42.5 Å². The molecule has 0 saturated carbocycles. The molecule has 3 N–H and O–H groups in total. The van der Waals surface area contributed by atoms with Crippen molar-refractivity contribution in [2.45, 2.75) is 6.42 Å². The van der Waals surface area contributed by atoms with E-state index in [0.29, 0.717) is 25.3 Å². The minimum Gasteiger partial charge on any atom is -0.481 e. The fourth-order valence-electron chi connectivity index (χ4n) is 3.67. The highest BCUT2D eigenvalue weighted by molar-refractivity contribution is 5.95. The third-order valence-corrected chi connectivity index (χ3v) is 5.14. The molecule has 1 aromatic heterocycles. The third kappa shape index (κ3) is 4.07. The molecule has 4 rings (SSSR count). The molecule has 0 bridgehead atoms. The molecular formula is C22H23N3O3. The van der Waals surface area contributed by atoms with Gasteiger partial charge in [0.2, 0.25) is 0 Å². The van der Waals surface area contributed by atoms with E-state index in [1.807, 2.05) is 30.3 Å². The first kappa shape index (κ1) is 18.3. The molecule has 3 aromatic rings. The summed E-state index contributed by atoms with van der Waals surface area (Å²) in [5, 5.41) is 18.9. The lowest BCUT2D eigenvalue weighted by Crippen LogP contribution is -2.42. The second-order valence-electron chi connectivity index (χ2n) is 7.14. The molecule has 1 aliphatic heterocycles. The van der Waals surface area contributed by atoms with E-state index in [-0.39, 0.29) is 11.8 Å². The van der Waals surface area contributed by atoms with Crippen molar-refractivity contribution in [1.82, 2.24) is 10.7 Å². The van der Waals surface area contributed by atoms with Crippen molar-refractivity contribution in [1.29, 1.82) is 0 Å². The number of hydrogen-bond donors (Lipinski definition) is 3. The first-order valence-electron chi connectivity index (χ1n) is 9.48. The molecule has 0 aliphatic carbocycles. The van der Waals surface area contributed by atoms with E-state index in [0.717, 1.165) is 23.3 Å². The number of rotatable bonds is 6. The summed E-state index contributed by atoms with van der Waals surface area (Å²) in [5.74, 6) is 0.657. The van der Waals surface area contributed by atoms with E-state index in [1.54, 1.807) is 6.21 Å². The Morgan fingerprint density at radius 3 is 2.93 bits per heavy atom. The number of piperidine rings is 1. The van der Waals surface area contributed by atoms with Crippen LogP contribution >= 0.6 is 0 Å². The Morgan fingerprint density at radius 2 is 2.04 bits per heavy atom. The number of fused-ring (bicyclic) bond motifs is 1. The van der Waals surface area contributed by atoms with Crippen LogP contribution in [0.15, 0.2) is 64.1 Å². The molecule has 2 atom stereocenters. The number of furan rings is 1. The molecule has 28 heavy (non-hydrogen) atoms. The maximum atomic E-state index is 11.1. The van der Waals surface area contributed by atoms with Crippen LogP contribution in [0.2, 0.25) is 0 Å². The normalized spacial score (nSPS) is 19.9. The molecule has 0 spiro atoms. The molecule has 6 heteroatoms. The molecule has 144 valence electrons.